The Morgan fingerprint density at radius 2 is 2.19 bits per heavy atom. The van der Waals surface area contributed by atoms with Crippen molar-refractivity contribution in [3.8, 4) is 0 Å². The highest BCUT2D eigenvalue weighted by Gasteiger charge is 2.25. The maximum absolute atomic E-state index is 10.4. The molecular formula is C9H11ClN2O4. The Bertz CT molecular complexity index is 379. The third kappa shape index (κ3) is 2.82. The Kier molecular flexibility index (Phi) is 4.05. The van der Waals surface area contributed by atoms with Crippen molar-refractivity contribution in [1.29, 1.82) is 0 Å². The molecule has 0 radical (unpaired) electrons. The molecule has 0 spiro atoms. The molecule has 2 unspecified atom stereocenters. The first-order valence-corrected chi connectivity index (χ1v) is 4.79. The van der Waals surface area contributed by atoms with Crippen molar-refractivity contribution in [3.63, 3.8) is 0 Å². The van der Waals surface area contributed by atoms with Crippen LogP contribution >= 0.6 is 11.6 Å². The van der Waals surface area contributed by atoms with E-state index in [2.05, 4.69) is 4.98 Å². The normalized spacial score (nSPS) is 14.4. The van der Waals surface area contributed by atoms with E-state index in [-0.39, 0.29) is 16.4 Å². The number of aliphatic carboxylic acids is 1. The van der Waals surface area contributed by atoms with E-state index in [9.17, 15) is 15.0 Å². The molecular weight excluding hydrogens is 236 g/mol. The zero-order valence-corrected chi connectivity index (χ0v) is 8.92. The lowest BCUT2D eigenvalue weighted by atomic mass is 10.0. The molecule has 7 heteroatoms. The second-order valence-corrected chi connectivity index (χ2v) is 3.57. The number of hydrogen-bond donors (Lipinski definition) is 4. The molecule has 88 valence electrons. The SMILES string of the molecule is Nc1ccnc(Cl)c1C(O)C(O)CC(=O)O. The van der Waals surface area contributed by atoms with Gasteiger partial charge >= 0.3 is 5.97 Å². The minimum atomic E-state index is -1.48. The third-order valence-electron chi connectivity index (χ3n) is 2.02. The maximum atomic E-state index is 10.4. The minimum Gasteiger partial charge on any atom is -0.481 e. The Hall–Kier alpha value is -1.37. The zero-order valence-electron chi connectivity index (χ0n) is 8.17. The van der Waals surface area contributed by atoms with Gasteiger partial charge in [0.15, 0.2) is 0 Å². The molecule has 5 N–H and O–H groups in total. The number of hydrogen-bond acceptors (Lipinski definition) is 5. The fourth-order valence-electron chi connectivity index (χ4n) is 1.24. The molecule has 0 aliphatic carbocycles. The number of anilines is 1. The largest absolute Gasteiger partial charge is 0.481 e. The van der Waals surface area contributed by atoms with Crippen molar-refractivity contribution < 1.29 is 20.1 Å². The predicted octanol–water partition coefficient (Wildman–Crippen LogP) is 0.186. The van der Waals surface area contributed by atoms with Gasteiger partial charge in [-0.2, -0.15) is 0 Å². The molecule has 1 aromatic rings. The molecule has 0 aliphatic rings. The third-order valence-corrected chi connectivity index (χ3v) is 2.32. The summed E-state index contributed by atoms with van der Waals surface area (Å²) in [7, 11) is 0. The molecule has 0 amide bonds. The number of nitrogens with zero attached hydrogens (tertiary/aromatic N) is 1. The van der Waals surface area contributed by atoms with Gasteiger partial charge in [-0.1, -0.05) is 11.6 Å². The van der Waals surface area contributed by atoms with Crippen molar-refractivity contribution in [3.05, 3.63) is 23.0 Å². The molecule has 0 bridgehead atoms. The predicted molar refractivity (Wildman–Crippen MR) is 56.9 cm³/mol. The summed E-state index contributed by atoms with van der Waals surface area (Å²) in [6, 6.07) is 1.40. The molecule has 1 heterocycles. The summed E-state index contributed by atoms with van der Waals surface area (Å²) in [6.45, 7) is 0. The quantitative estimate of drug-likeness (QED) is 0.564. The summed E-state index contributed by atoms with van der Waals surface area (Å²) in [6.07, 6.45) is -2.22. The molecule has 2 atom stereocenters. The average Bonchev–Trinajstić information content (AvgIpc) is 2.16. The standard InChI is InChI=1S/C9H11ClN2O4/c10-9-7(4(11)1-2-12-9)8(16)5(13)3-6(14)15/h1-2,5,8,13,16H,3H2,(H2,11,12)(H,14,15). The van der Waals surface area contributed by atoms with Gasteiger partial charge in [-0.3, -0.25) is 4.79 Å². The fourth-order valence-corrected chi connectivity index (χ4v) is 1.51. The lowest BCUT2D eigenvalue weighted by Gasteiger charge is -2.18. The Labute approximate surface area is 96.3 Å². The van der Waals surface area contributed by atoms with Crippen LogP contribution in [0, 0.1) is 0 Å². The van der Waals surface area contributed by atoms with Crippen molar-refractivity contribution in [2.24, 2.45) is 0 Å². The van der Waals surface area contributed by atoms with Gasteiger partial charge in [0, 0.05) is 17.4 Å². The minimum absolute atomic E-state index is 0.0397. The summed E-state index contributed by atoms with van der Waals surface area (Å²) in [5.41, 5.74) is 5.74. The molecule has 16 heavy (non-hydrogen) atoms. The van der Waals surface area contributed by atoms with Gasteiger partial charge in [0.2, 0.25) is 0 Å². The van der Waals surface area contributed by atoms with Crippen LogP contribution in [0.15, 0.2) is 12.3 Å². The van der Waals surface area contributed by atoms with Crippen LogP contribution in [0.5, 0.6) is 0 Å². The number of aromatic nitrogens is 1. The lowest BCUT2D eigenvalue weighted by molar-refractivity contribution is -0.141. The number of carboxylic acids is 1. The van der Waals surface area contributed by atoms with Crippen molar-refractivity contribution in [2.45, 2.75) is 18.6 Å². The molecule has 0 aliphatic heterocycles. The number of carboxylic acid groups (broad SMARTS) is 1. The number of aliphatic hydroxyl groups excluding tert-OH is 2. The van der Waals surface area contributed by atoms with E-state index in [0.717, 1.165) is 0 Å². The van der Waals surface area contributed by atoms with Crippen LogP contribution in [0.1, 0.15) is 18.1 Å². The Balaban J connectivity index is 2.95. The van der Waals surface area contributed by atoms with E-state index in [1.165, 1.54) is 12.3 Å². The summed E-state index contributed by atoms with van der Waals surface area (Å²) in [4.78, 5) is 14.1. The van der Waals surface area contributed by atoms with E-state index in [1.54, 1.807) is 0 Å². The van der Waals surface area contributed by atoms with Crippen molar-refractivity contribution >= 4 is 23.3 Å². The smallest absolute Gasteiger partial charge is 0.306 e. The van der Waals surface area contributed by atoms with E-state index in [0.29, 0.717) is 0 Å². The fraction of sp³-hybridized carbons (Fsp3) is 0.333. The Morgan fingerprint density at radius 1 is 1.56 bits per heavy atom. The lowest BCUT2D eigenvalue weighted by Crippen LogP contribution is -2.23. The van der Waals surface area contributed by atoms with Gasteiger partial charge in [0.1, 0.15) is 11.3 Å². The van der Waals surface area contributed by atoms with E-state index in [4.69, 9.17) is 22.4 Å². The van der Waals surface area contributed by atoms with Crippen LogP contribution < -0.4 is 5.73 Å². The first-order valence-electron chi connectivity index (χ1n) is 4.41. The number of pyridine rings is 1. The van der Waals surface area contributed by atoms with E-state index < -0.39 is 24.6 Å². The number of nitrogen functional groups attached to an aromatic ring is 1. The molecule has 1 rings (SSSR count). The van der Waals surface area contributed by atoms with Gasteiger partial charge in [-0.05, 0) is 6.07 Å². The van der Waals surface area contributed by atoms with Gasteiger partial charge in [-0.15, -0.1) is 0 Å². The molecule has 0 saturated carbocycles. The van der Waals surface area contributed by atoms with Gasteiger partial charge in [0.25, 0.3) is 0 Å². The number of rotatable bonds is 4. The van der Waals surface area contributed by atoms with E-state index >= 15 is 0 Å². The molecule has 0 saturated heterocycles. The highest BCUT2D eigenvalue weighted by molar-refractivity contribution is 6.30. The highest BCUT2D eigenvalue weighted by atomic mass is 35.5. The first kappa shape index (κ1) is 12.7. The number of halogens is 1. The van der Waals surface area contributed by atoms with Gasteiger partial charge < -0.3 is 21.1 Å². The average molecular weight is 247 g/mol. The number of aliphatic hydroxyl groups is 2. The molecule has 6 nitrogen and oxygen atoms in total. The topological polar surface area (TPSA) is 117 Å². The van der Waals surface area contributed by atoms with Crippen molar-refractivity contribution in [1.82, 2.24) is 4.98 Å². The molecule has 0 aromatic carbocycles. The maximum Gasteiger partial charge on any atom is 0.306 e. The van der Waals surface area contributed by atoms with Gasteiger partial charge in [-0.25, -0.2) is 4.98 Å². The second-order valence-electron chi connectivity index (χ2n) is 3.21. The van der Waals surface area contributed by atoms with Crippen LogP contribution in [-0.2, 0) is 4.79 Å². The monoisotopic (exact) mass is 246 g/mol. The highest BCUT2D eigenvalue weighted by Crippen LogP contribution is 2.29. The number of carbonyl (C=O) groups is 1. The van der Waals surface area contributed by atoms with E-state index in [1.807, 2.05) is 0 Å². The Morgan fingerprint density at radius 3 is 2.69 bits per heavy atom. The molecule has 1 aromatic heterocycles. The van der Waals surface area contributed by atoms with Crippen LogP contribution in [0.4, 0.5) is 5.69 Å². The summed E-state index contributed by atoms with van der Waals surface area (Å²) in [5, 5.41) is 27.5. The summed E-state index contributed by atoms with van der Waals surface area (Å²) in [5.74, 6) is -1.23. The number of nitrogens with two attached hydrogens (primary N) is 1. The van der Waals surface area contributed by atoms with Gasteiger partial charge in [0.05, 0.1) is 12.5 Å². The van der Waals surface area contributed by atoms with Crippen LogP contribution in [0.25, 0.3) is 0 Å². The molecule has 0 fully saturated rings. The summed E-state index contributed by atoms with van der Waals surface area (Å²) >= 11 is 5.70. The zero-order chi connectivity index (χ0) is 12.3. The second kappa shape index (κ2) is 5.11. The van der Waals surface area contributed by atoms with Crippen LogP contribution in [0.2, 0.25) is 5.15 Å². The van der Waals surface area contributed by atoms with Crippen LogP contribution in [0.3, 0.4) is 0 Å². The summed E-state index contributed by atoms with van der Waals surface area (Å²) < 4.78 is 0. The van der Waals surface area contributed by atoms with Crippen LogP contribution in [-0.4, -0.2) is 32.4 Å². The van der Waals surface area contributed by atoms with Crippen molar-refractivity contribution in [2.75, 3.05) is 5.73 Å². The first-order chi connectivity index (χ1) is 7.43.